The van der Waals surface area contributed by atoms with Gasteiger partial charge in [0.1, 0.15) is 0 Å². The maximum atomic E-state index is 11.7. The smallest absolute Gasteiger partial charge is 0.272 e. The van der Waals surface area contributed by atoms with Crippen molar-refractivity contribution in [3.05, 3.63) is 11.9 Å². The Morgan fingerprint density at radius 2 is 2.47 bits per heavy atom. The van der Waals surface area contributed by atoms with Crippen LogP contribution < -0.4 is 10.6 Å². The number of hydrogen-bond donors (Lipinski definition) is 2. The maximum absolute atomic E-state index is 11.7. The van der Waals surface area contributed by atoms with Crippen LogP contribution in [0.1, 0.15) is 29.8 Å². The van der Waals surface area contributed by atoms with Crippen LogP contribution in [-0.4, -0.2) is 33.8 Å². The monoisotopic (exact) mass is 226 g/mol. The molecule has 1 saturated heterocycles. The molecule has 15 heavy (non-hydrogen) atoms. The number of carbonyl (C=O) groups excluding carboxylic acids is 1. The Kier molecular flexibility index (Phi) is 3.63. The Morgan fingerprint density at radius 1 is 1.53 bits per heavy atom. The maximum Gasteiger partial charge on any atom is 0.272 e. The van der Waals surface area contributed by atoms with Gasteiger partial charge in [0.25, 0.3) is 5.91 Å². The van der Waals surface area contributed by atoms with Crippen molar-refractivity contribution in [2.75, 3.05) is 13.1 Å². The molecule has 5 nitrogen and oxygen atoms in total. The molecule has 0 bridgehead atoms. The molecule has 0 aliphatic carbocycles. The predicted molar refractivity (Wildman–Crippen MR) is 57.9 cm³/mol. The van der Waals surface area contributed by atoms with Gasteiger partial charge in [-0.3, -0.25) is 4.79 Å². The second kappa shape index (κ2) is 5.18. The summed E-state index contributed by atoms with van der Waals surface area (Å²) in [7, 11) is 0. The highest BCUT2D eigenvalue weighted by atomic mass is 32.1. The zero-order valence-corrected chi connectivity index (χ0v) is 9.22. The lowest BCUT2D eigenvalue weighted by Crippen LogP contribution is -2.35. The molecule has 82 valence electrons. The lowest BCUT2D eigenvalue weighted by molar-refractivity contribution is 0.0930. The van der Waals surface area contributed by atoms with E-state index in [0.717, 1.165) is 44.1 Å². The molecule has 1 aromatic heterocycles. The number of carbonyl (C=O) groups is 1. The third-order valence-corrected chi connectivity index (χ3v) is 2.98. The van der Waals surface area contributed by atoms with Gasteiger partial charge in [-0.1, -0.05) is 0 Å². The molecule has 6 heteroatoms. The molecule has 2 rings (SSSR count). The van der Waals surface area contributed by atoms with E-state index in [1.165, 1.54) is 6.20 Å². The van der Waals surface area contributed by atoms with Crippen LogP contribution in [0.3, 0.4) is 0 Å². The van der Waals surface area contributed by atoms with Crippen LogP contribution >= 0.6 is 11.7 Å². The number of nitrogens with one attached hydrogen (secondary N) is 2. The molecule has 2 heterocycles. The quantitative estimate of drug-likeness (QED) is 0.766. The minimum absolute atomic E-state index is 0.101. The summed E-state index contributed by atoms with van der Waals surface area (Å²) >= 11 is 1.06. The normalized spacial score (nSPS) is 22.0. The Hall–Kier alpha value is -1.01. The zero-order chi connectivity index (χ0) is 10.5. The molecular weight excluding hydrogens is 212 g/mol. The first-order valence-corrected chi connectivity index (χ1v) is 5.88. The van der Waals surface area contributed by atoms with Crippen molar-refractivity contribution in [1.82, 2.24) is 19.4 Å². The van der Waals surface area contributed by atoms with Crippen molar-refractivity contribution in [3.63, 3.8) is 0 Å². The van der Waals surface area contributed by atoms with E-state index in [9.17, 15) is 4.79 Å². The average molecular weight is 226 g/mol. The van der Waals surface area contributed by atoms with Crippen molar-refractivity contribution in [1.29, 1.82) is 0 Å². The number of aromatic nitrogens is 2. The number of hydrogen-bond acceptors (Lipinski definition) is 5. The lowest BCUT2D eigenvalue weighted by Gasteiger charge is -2.14. The molecular formula is C9H14N4OS. The molecule has 1 atom stereocenters. The molecule has 0 spiro atoms. The summed E-state index contributed by atoms with van der Waals surface area (Å²) in [5.74, 6) is -0.101. The summed E-state index contributed by atoms with van der Waals surface area (Å²) in [5, 5.41) is 6.29. The summed E-state index contributed by atoms with van der Waals surface area (Å²) in [6.07, 6.45) is 4.65. The lowest BCUT2D eigenvalue weighted by atomic mass is 10.1. The highest BCUT2D eigenvalue weighted by molar-refractivity contribution is 6.99. The molecule has 1 unspecified atom stereocenters. The SMILES string of the molecule is O=C(NC1CCCNCC1)c1cnsn1. The Labute approximate surface area is 92.6 Å². The minimum atomic E-state index is -0.101. The fraction of sp³-hybridized carbons (Fsp3) is 0.667. The molecule has 1 amide bonds. The van der Waals surface area contributed by atoms with Gasteiger partial charge in [0.2, 0.25) is 0 Å². The number of nitrogens with zero attached hydrogens (tertiary/aromatic N) is 2. The van der Waals surface area contributed by atoms with Gasteiger partial charge in [0.05, 0.1) is 17.9 Å². The second-order valence-corrected chi connectivity index (χ2v) is 4.20. The molecule has 0 aromatic carbocycles. The highest BCUT2D eigenvalue weighted by Gasteiger charge is 2.16. The topological polar surface area (TPSA) is 66.9 Å². The van der Waals surface area contributed by atoms with Gasteiger partial charge in [0, 0.05) is 6.04 Å². The molecule has 1 aromatic rings. The summed E-state index contributed by atoms with van der Waals surface area (Å²) in [4.78, 5) is 11.7. The average Bonchev–Trinajstić information content (AvgIpc) is 2.65. The van der Waals surface area contributed by atoms with E-state index in [0.29, 0.717) is 5.69 Å². The predicted octanol–water partition coefficient (Wildman–Crippen LogP) is 0.410. The van der Waals surface area contributed by atoms with Crippen molar-refractivity contribution >= 4 is 17.6 Å². The first-order valence-electron chi connectivity index (χ1n) is 5.15. The summed E-state index contributed by atoms with van der Waals surface area (Å²) in [6, 6.07) is 0.272. The standard InChI is InChI=1S/C9H14N4OS/c14-9(8-6-11-15-13-8)12-7-2-1-4-10-5-3-7/h6-7,10H,1-5H2,(H,12,14). The fourth-order valence-corrected chi connectivity index (χ4v) is 2.10. The van der Waals surface area contributed by atoms with Gasteiger partial charge in [0.15, 0.2) is 5.69 Å². The van der Waals surface area contributed by atoms with Crippen LogP contribution in [0, 0.1) is 0 Å². The van der Waals surface area contributed by atoms with Crippen LogP contribution in [0.25, 0.3) is 0 Å². The van der Waals surface area contributed by atoms with E-state index in [1.807, 2.05) is 0 Å². The van der Waals surface area contributed by atoms with E-state index in [1.54, 1.807) is 0 Å². The molecule has 0 radical (unpaired) electrons. The molecule has 1 aliphatic heterocycles. The van der Waals surface area contributed by atoms with E-state index >= 15 is 0 Å². The Morgan fingerprint density at radius 3 is 3.27 bits per heavy atom. The number of amides is 1. The van der Waals surface area contributed by atoms with Crippen molar-refractivity contribution in [2.24, 2.45) is 0 Å². The third kappa shape index (κ3) is 2.97. The molecule has 0 saturated carbocycles. The van der Waals surface area contributed by atoms with Gasteiger partial charge < -0.3 is 10.6 Å². The number of rotatable bonds is 2. The van der Waals surface area contributed by atoms with Gasteiger partial charge >= 0.3 is 0 Å². The van der Waals surface area contributed by atoms with Gasteiger partial charge in [-0.25, -0.2) is 0 Å². The van der Waals surface area contributed by atoms with Crippen molar-refractivity contribution in [2.45, 2.75) is 25.3 Å². The van der Waals surface area contributed by atoms with Crippen LogP contribution in [-0.2, 0) is 0 Å². The van der Waals surface area contributed by atoms with Gasteiger partial charge in [-0.15, -0.1) is 0 Å². The third-order valence-electron chi connectivity index (χ3n) is 2.50. The Balaban J connectivity index is 1.87. The van der Waals surface area contributed by atoms with Crippen LogP contribution in [0.15, 0.2) is 6.20 Å². The first-order chi connectivity index (χ1) is 7.36. The Bertz CT molecular complexity index is 306. The summed E-state index contributed by atoms with van der Waals surface area (Å²) in [5.41, 5.74) is 0.428. The summed E-state index contributed by atoms with van der Waals surface area (Å²) < 4.78 is 7.72. The van der Waals surface area contributed by atoms with Crippen LogP contribution in [0.5, 0.6) is 0 Å². The van der Waals surface area contributed by atoms with E-state index in [4.69, 9.17) is 0 Å². The minimum Gasteiger partial charge on any atom is -0.348 e. The van der Waals surface area contributed by atoms with Crippen LogP contribution in [0.2, 0.25) is 0 Å². The zero-order valence-electron chi connectivity index (χ0n) is 8.40. The van der Waals surface area contributed by atoms with E-state index in [-0.39, 0.29) is 11.9 Å². The largest absolute Gasteiger partial charge is 0.348 e. The fourth-order valence-electron chi connectivity index (χ4n) is 1.69. The summed E-state index contributed by atoms with van der Waals surface area (Å²) in [6.45, 7) is 2.02. The van der Waals surface area contributed by atoms with E-state index in [2.05, 4.69) is 19.4 Å². The molecule has 1 aliphatic rings. The van der Waals surface area contributed by atoms with Gasteiger partial charge in [-0.05, 0) is 32.4 Å². The van der Waals surface area contributed by atoms with Crippen LogP contribution in [0.4, 0.5) is 0 Å². The highest BCUT2D eigenvalue weighted by Crippen LogP contribution is 2.06. The first kappa shape index (κ1) is 10.5. The van der Waals surface area contributed by atoms with Crippen molar-refractivity contribution in [3.8, 4) is 0 Å². The van der Waals surface area contributed by atoms with E-state index < -0.39 is 0 Å². The second-order valence-electron chi connectivity index (χ2n) is 3.64. The van der Waals surface area contributed by atoms with Gasteiger partial charge in [-0.2, -0.15) is 8.75 Å². The molecule has 2 N–H and O–H groups in total. The van der Waals surface area contributed by atoms with Crippen molar-refractivity contribution < 1.29 is 4.79 Å². The molecule has 1 fully saturated rings.